The van der Waals surface area contributed by atoms with Crippen molar-refractivity contribution in [3.05, 3.63) is 305 Å². The van der Waals surface area contributed by atoms with Crippen LogP contribution in [0.15, 0.2) is 261 Å². The first-order valence-electron chi connectivity index (χ1n) is 24.5. The Hall–Kier alpha value is -9.18. The van der Waals surface area contributed by atoms with Crippen LogP contribution in [0.25, 0.3) is 44.5 Å². The Balaban J connectivity index is 0.986. The summed E-state index contributed by atoms with van der Waals surface area (Å²) in [5.74, 6) is 3.44. The molecule has 71 heavy (non-hydrogen) atoms. The molecule has 0 saturated carbocycles. The van der Waals surface area contributed by atoms with E-state index in [1.807, 2.05) is 0 Å². The van der Waals surface area contributed by atoms with Gasteiger partial charge in [0.25, 0.3) is 0 Å². The molecular weight excluding hydrogens is 863 g/mol. The number of fused-ring (bicyclic) bond motifs is 18. The van der Waals surface area contributed by atoms with E-state index < -0.39 is 10.8 Å². The molecule has 0 fully saturated rings. The van der Waals surface area contributed by atoms with E-state index in [2.05, 4.69) is 266 Å². The summed E-state index contributed by atoms with van der Waals surface area (Å²) in [7, 11) is 0. The first-order valence-corrected chi connectivity index (χ1v) is 24.5. The molecule has 11 aromatic rings. The molecule has 3 nitrogen and oxygen atoms in total. The predicted molar refractivity (Wildman–Crippen MR) is 287 cm³/mol. The van der Waals surface area contributed by atoms with E-state index in [0.717, 1.165) is 73.4 Å². The minimum Gasteiger partial charge on any atom is -0.457 e. The number of hydrogen-bond acceptors (Lipinski definition) is 3. The van der Waals surface area contributed by atoms with E-state index in [4.69, 9.17) is 9.47 Å². The zero-order chi connectivity index (χ0) is 46.7. The zero-order valence-corrected chi connectivity index (χ0v) is 38.6. The van der Waals surface area contributed by atoms with Gasteiger partial charge in [0, 0.05) is 45.3 Å². The van der Waals surface area contributed by atoms with Gasteiger partial charge in [-0.15, -0.1) is 0 Å². The number of benzene rings is 11. The third-order valence-corrected chi connectivity index (χ3v) is 15.6. The molecule has 3 heteroatoms. The maximum atomic E-state index is 7.17. The molecule has 2 spiro atoms. The molecular formula is C68H43NO2. The fraction of sp³-hybridized carbons (Fsp3) is 0.0294. The third-order valence-electron chi connectivity index (χ3n) is 15.6. The topological polar surface area (TPSA) is 21.7 Å². The van der Waals surface area contributed by atoms with Crippen molar-refractivity contribution < 1.29 is 9.47 Å². The predicted octanol–water partition coefficient (Wildman–Crippen LogP) is 17.4. The monoisotopic (exact) mass is 905 g/mol. The van der Waals surface area contributed by atoms with Crippen LogP contribution in [0.1, 0.15) is 44.5 Å². The third kappa shape index (κ3) is 5.49. The van der Waals surface area contributed by atoms with E-state index in [0.29, 0.717) is 0 Å². The highest BCUT2D eigenvalue weighted by Crippen LogP contribution is 2.65. The normalized spacial score (nSPS) is 14.1. The summed E-state index contributed by atoms with van der Waals surface area (Å²) < 4.78 is 13.9. The van der Waals surface area contributed by atoms with Crippen molar-refractivity contribution in [1.82, 2.24) is 0 Å². The van der Waals surface area contributed by atoms with Crippen LogP contribution in [0.4, 0.5) is 17.1 Å². The van der Waals surface area contributed by atoms with E-state index in [1.165, 1.54) is 55.6 Å². The molecule has 15 rings (SSSR count). The number of ether oxygens (including phenoxy) is 2. The van der Waals surface area contributed by atoms with E-state index >= 15 is 0 Å². The second-order valence-corrected chi connectivity index (χ2v) is 19.0. The molecule has 0 N–H and O–H groups in total. The molecule has 0 aromatic heterocycles. The van der Waals surface area contributed by atoms with Crippen LogP contribution in [0.2, 0.25) is 0 Å². The summed E-state index contributed by atoms with van der Waals surface area (Å²) in [6, 6.07) is 95.0. The molecule has 0 amide bonds. The Morgan fingerprint density at radius 1 is 0.239 bits per heavy atom. The highest BCUT2D eigenvalue weighted by atomic mass is 16.5. The molecule has 4 aliphatic rings. The molecule has 0 unspecified atom stereocenters. The highest BCUT2D eigenvalue weighted by molar-refractivity contribution is 5.95. The quantitative estimate of drug-likeness (QED) is 0.172. The first kappa shape index (κ1) is 39.8. The first-order chi connectivity index (χ1) is 35.2. The van der Waals surface area contributed by atoms with E-state index in [9.17, 15) is 0 Å². The van der Waals surface area contributed by atoms with Crippen LogP contribution >= 0.6 is 0 Å². The highest BCUT2D eigenvalue weighted by Gasteiger charge is 2.53. The molecule has 11 aromatic carbocycles. The van der Waals surface area contributed by atoms with Crippen LogP contribution < -0.4 is 14.4 Å². The summed E-state index contributed by atoms with van der Waals surface area (Å²) in [4.78, 5) is 2.45. The fourth-order valence-corrected chi connectivity index (χ4v) is 12.8. The molecule has 2 aliphatic heterocycles. The molecule has 0 radical (unpaired) electrons. The minimum absolute atomic E-state index is 0.575. The van der Waals surface area contributed by atoms with Gasteiger partial charge in [-0.1, -0.05) is 212 Å². The minimum atomic E-state index is -0.635. The molecule has 0 bridgehead atoms. The summed E-state index contributed by atoms with van der Waals surface area (Å²) in [5.41, 5.74) is 21.0. The SMILES string of the molecule is c1ccc(-c2ccc(-c3ccccc3N(c3ccc4c(c3)Oc3ccccc3C43c4ccccc4-c4ccccc43)c3ccc4c(c3)C3(c5ccccc5Oc5ccccc53)c3ccccc3-4)cc2)cc1. The van der Waals surface area contributed by atoms with Gasteiger partial charge in [0.15, 0.2) is 0 Å². The van der Waals surface area contributed by atoms with Crippen molar-refractivity contribution in [1.29, 1.82) is 0 Å². The number of hydrogen-bond donors (Lipinski definition) is 0. The van der Waals surface area contributed by atoms with Crippen molar-refractivity contribution in [3.8, 4) is 67.5 Å². The second-order valence-electron chi connectivity index (χ2n) is 19.0. The number of para-hydroxylation sites is 4. The largest absolute Gasteiger partial charge is 0.457 e. The van der Waals surface area contributed by atoms with Crippen molar-refractivity contribution in [2.24, 2.45) is 0 Å². The number of rotatable bonds is 5. The van der Waals surface area contributed by atoms with Crippen LogP contribution in [-0.4, -0.2) is 0 Å². The second kappa shape index (κ2) is 15.2. The van der Waals surface area contributed by atoms with Crippen molar-refractivity contribution in [3.63, 3.8) is 0 Å². The lowest BCUT2D eigenvalue weighted by Gasteiger charge is -2.40. The van der Waals surface area contributed by atoms with E-state index in [-0.39, 0.29) is 0 Å². The van der Waals surface area contributed by atoms with Gasteiger partial charge in [-0.3, -0.25) is 0 Å². The number of anilines is 3. The van der Waals surface area contributed by atoms with Crippen LogP contribution in [0.3, 0.4) is 0 Å². The maximum Gasteiger partial charge on any atom is 0.134 e. The van der Waals surface area contributed by atoms with Gasteiger partial charge in [-0.25, -0.2) is 0 Å². The molecule has 2 heterocycles. The average Bonchev–Trinajstić information content (AvgIpc) is 3.89. The summed E-state index contributed by atoms with van der Waals surface area (Å²) in [5, 5.41) is 0. The Kier molecular flexibility index (Phi) is 8.49. The average molecular weight is 906 g/mol. The van der Waals surface area contributed by atoms with Crippen LogP contribution in [-0.2, 0) is 10.8 Å². The van der Waals surface area contributed by atoms with Crippen LogP contribution in [0.5, 0.6) is 23.0 Å². The Morgan fingerprint density at radius 3 is 1.20 bits per heavy atom. The molecule has 2 aliphatic carbocycles. The summed E-state index contributed by atoms with van der Waals surface area (Å²) >= 11 is 0. The van der Waals surface area contributed by atoms with Crippen molar-refractivity contribution >= 4 is 17.1 Å². The fourth-order valence-electron chi connectivity index (χ4n) is 12.8. The maximum absolute atomic E-state index is 7.17. The van der Waals surface area contributed by atoms with Crippen molar-refractivity contribution in [2.75, 3.05) is 4.90 Å². The molecule has 332 valence electrons. The summed E-state index contributed by atoms with van der Waals surface area (Å²) in [6.45, 7) is 0. The molecule has 0 saturated heterocycles. The lowest BCUT2D eigenvalue weighted by atomic mass is 9.66. The van der Waals surface area contributed by atoms with Gasteiger partial charge in [0.2, 0.25) is 0 Å². The van der Waals surface area contributed by atoms with Gasteiger partial charge in [0.05, 0.1) is 16.5 Å². The lowest BCUT2D eigenvalue weighted by molar-refractivity contribution is 0.436. The lowest BCUT2D eigenvalue weighted by Crippen LogP contribution is -2.32. The number of nitrogens with zero attached hydrogens (tertiary/aromatic N) is 1. The van der Waals surface area contributed by atoms with Crippen molar-refractivity contribution in [2.45, 2.75) is 10.8 Å². The van der Waals surface area contributed by atoms with Gasteiger partial charge >= 0.3 is 0 Å². The standard InChI is InChI=1S/C68H43NO2/c1-2-18-44(19-3-1)45-34-36-46(37-35-45)49-20-7-14-30-62(49)69(47-38-40-53-52-23-6-10-26-56(52)68(61(53)42-47)58-28-12-15-31-63(58)70-64-32-16-13-29-59(64)68)48-39-41-60-66(43-48)71-65-33-17-11-27-57(65)67(60)54-24-8-4-21-50(54)51-22-5-9-25-55(51)67/h1-43H. The van der Waals surface area contributed by atoms with Gasteiger partial charge in [0.1, 0.15) is 23.0 Å². The molecule has 0 atom stereocenters. The van der Waals surface area contributed by atoms with E-state index in [1.54, 1.807) is 0 Å². The van der Waals surface area contributed by atoms with Gasteiger partial charge in [-0.05, 0) is 104 Å². The Morgan fingerprint density at radius 2 is 0.620 bits per heavy atom. The summed E-state index contributed by atoms with van der Waals surface area (Å²) in [6.07, 6.45) is 0. The van der Waals surface area contributed by atoms with Crippen LogP contribution in [0, 0.1) is 0 Å². The smallest absolute Gasteiger partial charge is 0.134 e. The van der Waals surface area contributed by atoms with Gasteiger partial charge in [-0.2, -0.15) is 0 Å². The van der Waals surface area contributed by atoms with Gasteiger partial charge < -0.3 is 14.4 Å². The zero-order valence-electron chi connectivity index (χ0n) is 38.6. The Labute approximate surface area is 413 Å². The Bertz CT molecular complexity index is 3870.